The summed E-state index contributed by atoms with van der Waals surface area (Å²) in [5.41, 5.74) is 2.74. The number of likely N-dealkylation sites (N-methyl/N-ethyl adjacent to an activating group) is 1. The second-order valence-corrected chi connectivity index (χ2v) is 6.67. The molecular formula is C21H24N2O4. The molecule has 0 radical (unpaired) electrons. The number of aryl methyl sites for hydroxylation is 3. The van der Waals surface area contributed by atoms with Crippen LogP contribution in [0.4, 0.5) is 0 Å². The van der Waals surface area contributed by atoms with E-state index in [2.05, 4.69) is 5.16 Å². The molecule has 0 fully saturated rings. The molecule has 0 N–H and O–H groups in total. The number of carbonyl (C=O) groups excluding carboxylic acids is 1. The highest BCUT2D eigenvalue weighted by atomic mass is 16.5. The lowest BCUT2D eigenvalue weighted by Gasteiger charge is -2.16. The van der Waals surface area contributed by atoms with Gasteiger partial charge in [-0.1, -0.05) is 17.3 Å². The third kappa shape index (κ3) is 4.78. The molecule has 0 spiro atoms. The molecule has 2 aromatic heterocycles. The first-order valence-corrected chi connectivity index (χ1v) is 8.85. The number of rotatable bonds is 7. The van der Waals surface area contributed by atoms with E-state index in [0.717, 1.165) is 39.9 Å². The van der Waals surface area contributed by atoms with Gasteiger partial charge in [0.05, 0.1) is 24.2 Å². The number of carbonyl (C=O) groups is 1. The van der Waals surface area contributed by atoms with Crippen molar-refractivity contribution in [1.82, 2.24) is 10.1 Å². The van der Waals surface area contributed by atoms with Crippen molar-refractivity contribution in [3.05, 3.63) is 70.5 Å². The van der Waals surface area contributed by atoms with Crippen LogP contribution in [-0.4, -0.2) is 23.0 Å². The molecule has 1 aromatic carbocycles. The van der Waals surface area contributed by atoms with Crippen LogP contribution in [0.3, 0.4) is 0 Å². The van der Waals surface area contributed by atoms with Gasteiger partial charge in [-0.2, -0.15) is 0 Å². The van der Waals surface area contributed by atoms with Crippen LogP contribution >= 0.6 is 0 Å². The smallest absolute Gasteiger partial charge is 0.227 e. The lowest BCUT2D eigenvalue weighted by atomic mass is 10.1. The summed E-state index contributed by atoms with van der Waals surface area (Å²) < 4.78 is 16.5. The molecule has 0 unspecified atom stereocenters. The fourth-order valence-electron chi connectivity index (χ4n) is 2.77. The van der Waals surface area contributed by atoms with E-state index in [1.54, 1.807) is 11.9 Å². The number of amides is 1. The van der Waals surface area contributed by atoms with Gasteiger partial charge >= 0.3 is 0 Å². The Balaban J connectivity index is 1.53. The van der Waals surface area contributed by atoms with E-state index in [1.165, 1.54) is 0 Å². The van der Waals surface area contributed by atoms with Gasteiger partial charge < -0.3 is 18.6 Å². The number of nitrogens with zero attached hydrogens (tertiary/aromatic N) is 2. The zero-order valence-corrected chi connectivity index (χ0v) is 16.1. The average molecular weight is 368 g/mol. The van der Waals surface area contributed by atoms with Gasteiger partial charge in [-0.25, -0.2) is 0 Å². The number of aromatic nitrogens is 1. The topological polar surface area (TPSA) is 68.7 Å². The number of hydrogen-bond donors (Lipinski definition) is 0. The highest BCUT2D eigenvalue weighted by Gasteiger charge is 2.13. The van der Waals surface area contributed by atoms with Gasteiger partial charge in [0.1, 0.15) is 29.6 Å². The van der Waals surface area contributed by atoms with Crippen LogP contribution in [0.5, 0.6) is 5.75 Å². The van der Waals surface area contributed by atoms with Gasteiger partial charge in [0, 0.05) is 7.05 Å². The van der Waals surface area contributed by atoms with Crippen molar-refractivity contribution in [2.24, 2.45) is 0 Å². The molecule has 0 aliphatic carbocycles. The first kappa shape index (κ1) is 18.8. The molecule has 3 aromatic rings. The summed E-state index contributed by atoms with van der Waals surface area (Å²) in [5.74, 6) is 3.17. The second-order valence-electron chi connectivity index (χ2n) is 6.67. The fraction of sp³-hybridized carbons (Fsp3) is 0.333. The number of hydrogen-bond acceptors (Lipinski definition) is 5. The van der Waals surface area contributed by atoms with E-state index in [-0.39, 0.29) is 5.91 Å². The molecule has 27 heavy (non-hydrogen) atoms. The predicted molar refractivity (Wildman–Crippen MR) is 100 cm³/mol. The minimum absolute atomic E-state index is 0.0356. The molecule has 0 atom stereocenters. The Bertz CT molecular complexity index is 889. The molecule has 0 bridgehead atoms. The Morgan fingerprint density at radius 1 is 1.11 bits per heavy atom. The Labute approximate surface area is 158 Å². The minimum Gasteiger partial charge on any atom is -0.489 e. The summed E-state index contributed by atoms with van der Waals surface area (Å²) in [6.45, 7) is 6.52. The lowest BCUT2D eigenvalue weighted by molar-refractivity contribution is -0.129. The Kier molecular flexibility index (Phi) is 5.64. The van der Waals surface area contributed by atoms with Gasteiger partial charge in [0.15, 0.2) is 0 Å². The molecule has 0 aliphatic rings. The van der Waals surface area contributed by atoms with E-state index in [4.69, 9.17) is 13.7 Å². The predicted octanol–water partition coefficient (Wildman–Crippen LogP) is 3.97. The molecule has 2 heterocycles. The molecule has 0 saturated carbocycles. The van der Waals surface area contributed by atoms with Gasteiger partial charge in [0.2, 0.25) is 5.91 Å². The maximum Gasteiger partial charge on any atom is 0.227 e. The molecule has 6 heteroatoms. The van der Waals surface area contributed by atoms with Gasteiger partial charge in [-0.3, -0.25) is 4.79 Å². The maximum absolute atomic E-state index is 12.4. The van der Waals surface area contributed by atoms with Crippen molar-refractivity contribution < 1.29 is 18.5 Å². The van der Waals surface area contributed by atoms with E-state index in [0.29, 0.717) is 19.6 Å². The van der Waals surface area contributed by atoms with Gasteiger partial charge in [-0.15, -0.1) is 0 Å². The quantitative estimate of drug-likeness (QED) is 0.631. The largest absolute Gasteiger partial charge is 0.489 e. The lowest BCUT2D eigenvalue weighted by Crippen LogP contribution is -2.27. The van der Waals surface area contributed by atoms with Crippen molar-refractivity contribution in [1.29, 1.82) is 0 Å². The number of furan rings is 1. The Morgan fingerprint density at radius 3 is 2.44 bits per heavy atom. The van der Waals surface area contributed by atoms with E-state index in [1.807, 2.05) is 57.2 Å². The zero-order valence-electron chi connectivity index (χ0n) is 16.1. The summed E-state index contributed by atoms with van der Waals surface area (Å²) >= 11 is 0. The molecule has 0 aliphatic heterocycles. The number of benzene rings is 1. The molecule has 3 rings (SSSR count). The van der Waals surface area contributed by atoms with Gasteiger partial charge in [-0.05, 0) is 50.6 Å². The zero-order chi connectivity index (χ0) is 19.4. The molecule has 142 valence electrons. The normalized spacial score (nSPS) is 10.8. The van der Waals surface area contributed by atoms with Crippen molar-refractivity contribution in [2.45, 2.75) is 40.3 Å². The van der Waals surface area contributed by atoms with Crippen molar-refractivity contribution in [2.75, 3.05) is 7.05 Å². The van der Waals surface area contributed by atoms with Crippen LogP contribution in [0.2, 0.25) is 0 Å². The minimum atomic E-state index is 0.0356. The molecule has 6 nitrogen and oxygen atoms in total. The summed E-state index contributed by atoms with van der Waals surface area (Å²) in [7, 11) is 1.78. The Hall–Kier alpha value is -3.02. The molecule has 1 amide bonds. The van der Waals surface area contributed by atoms with Crippen LogP contribution in [0.15, 0.2) is 45.3 Å². The van der Waals surface area contributed by atoms with Crippen LogP contribution in [-0.2, 0) is 24.4 Å². The van der Waals surface area contributed by atoms with E-state index < -0.39 is 0 Å². The summed E-state index contributed by atoms with van der Waals surface area (Å²) in [5, 5.41) is 3.92. The van der Waals surface area contributed by atoms with E-state index >= 15 is 0 Å². The van der Waals surface area contributed by atoms with Crippen LogP contribution in [0.1, 0.15) is 34.1 Å². The summed E-state index contributed by atoms with van der Waals surface area (Å²) in [6.07, 6.45) is 0.334. The first-order chi connectivity index (χ1) is 12.9. The fourth-order valence-corrected chi connectivity index (χ4v) is 2.77. The summed E-state index contributed by atoms with van der Waals surface area (Å²) in [4.78, 5) is 14.1. The van der Waals surface area contributed by atoms with Crippen molar-refractivity contribution in [3.63, 3.8) is 0 Å². The highest BCUT2D eigenvalue weighted by molar-refractivity contribution is 5.78. The van der Waals surface area contributed by atoms with Crippen molar-refractivity contribution in [3.8, 4) is 5.75 Å². The standard InChI is InChI=1S/C21H24N2O4/c1-14-5-8-19(26-14)12-23(4)21(24)11-17-6-9-18(10-7-17)25-13-20-15(2)22-27-16(20)3/h5-10H,11-13H2,1-4H3. The first-order valence-electron chi connectivity index (χ1n) is 8.85. The van der Waals surface area contributed by atoms with Gasteiger partial charge in [0.25, 0.3) is 0 Å². The SMILES string of the molecule is Cc1ccc(CN(C)C(=O)Cc2ccc(OCc3c(C)noc3C)cc2)o1. The van der Waals surface area contributed by atoms with Crippen LogP contribution in [0, 0.1) is 20.8 Å². The third-order valence-corrected chi connectivity index (χ3v) is 4.46. The monoisotopic (exact) mass is 368 g/mol. The maximum atomic E-state index is 12.4. The Morgan fingerprint density at radius 2 is 1.85 bits per heavy atom. The second kappa shape index (κ2) is 8.12. The molecular weight excluding hydrogens is 344 g/mol. The molecule has 0 saturated heterocycles. The van der Waals surface area contributed by atoms with Crippen LogP contribution in [0.25, 0.3) is 0 Å². The van der Waals surface area contributed by atoms with Crippen LogP contribution < -0.4 is 4.74 Å². The number of ether oxygens (including phenoxy) is 1. The summed E-state index contributed by atoms with van der Waals surface area (Å²) in [6, 6.07) is 11.4. The third-order valence-electron chi connectivity index (χ3n) is 4.46. The van der Waals surface area contributed by atoms with Crippen molar-refractivity contribution >= 4 is 5.91 Å². The van der Waals surface area contributed by atoms with E-state index in [9.17, 15) is 4.79 Å². The highest BCUT2D eigenvalue weighted by Crippen LogP contribution is 2.18. The average Bonchev–Trinajstić information content (AvgIpc) is 3.19.